The molecule has 0 aromatic rings. The van der Waals surface area contributed by atoms with Crippen molar-refractivity contribution in [2.45, 2.75) is 251 Å². The van der Waals surface area contributed by atoms with E-state index in [1.807, 2.05) is 6.08 Å². The van der Waals surface area contributed by atoms with Crippen LogP contribution in [0.4, 0.5) is 0 Å². The van der Waals surface area contributed by atoms with Crippen molar-refractivity contribution in [3.05, 3.63) is 134 Å². The molecule has 0 fully saturated rings. The maximum absolute atomic E-state index is 12.7. The average molecular weight is 1090 g/mol. The number of esters is 2. The lowest BCUT2D eigenvalue weighted by atomic mass is 10.0. The average Bonchev–Trinajstić information content (AvgIpc) is 3.42. The van der Waals surface area contributed by atoms with Gasteiger partial charge in [0.25, 0.3) is 0 Å². The smallest absolute Gasteiger partial charge is 0.462 e. The summed E-state index contributed by atoms with van der Waals surface area (Å²) >= 11 is 0. The molecule has 77 heavy (non-hydrogen) atoms. The Hall–Kier alpha value is -3.85. The van der Waals surface area contributed by atoms with Gasteiger partial charge in [0.2, 0.25) is 0 Å². The zero-order valence-electron chi connectivity index (χ0n) is 48.9. The molecule has 10 heteroatoms. The Bertz CT molecular complexity index is 1720. The SMILES string of the molecule is CC/C=C\C/C=C\C/C=C\C/C=C\C/C=C\C/C=C\CCCCCCCCCCCCCCCCCCCCCCC(=O)OC(COC(=O)CCC/C=C\C/C=C\C/C=C\C/C=C\C/C=C\CC)COP(=O)(O)OCCN. The highest BCUT2D eigenvalue weighted by molar-refractivity contribution is 7.47. The molecular weight excluding hydrogens is 978 g/mol. The van der Waals surface area contributed by atoms with Crippen LogP contribution in [0.15, 0.2) is 134 Å². The van der Waals surface area contributed by atoms with E-state index >= 15 is 0 Å². The minimum atomic E-state index is -4.41. The van der Waals surface area contributed by atoms with Crippen LogP contribution in [0.5, 0.6) is 0 Å². The first kappa shape index (κ1) is 73.2. The van der Waals surface area contributed by atoms with Crippen LogP contribution in [-0.4, -0.2) is 49.3 Å². The number of nitrogens with two attached hydrogens (primary N) is 1. The number of phosphoric ester groups is 1. The first-order valence-electron chi connectivity index (χ1n) is 30.7. The molecule has 0 aromatic carbocycles. The van der Waals surface area contributed by atoms with E-state index in [1.54, 1.807) is 0 Å². The Morgan fingerprint density at radius 2 is 0.688 bits per heavy atom. The molecule has 0 aliphatic rings. The van der Waals surface area contributed by atoms with E-state index < -0.39 is 32.5 Å². The Balaban J connectivity index is 3.89. The summed E-state index contributed by atoms with van der Waals surface area (Å²) in [4.78, 5) is 35.1. The Labute approximate surface area is 472 Å². The normalized spacial score (nSPS) is 14.0. The van der Waals surface area contributed by atoms with Crippen LogP contribution in [-0.2, 0) is 32.7 Å². The molecule has 0 rings (SSSR count). The molecule has 0 bridgehead atoms. The van der Waals surface area contributed by atoms with E-state index in [0.717, 1.165) is 96.3 Å². The lowest BCUT2D eigenvalue weighted by Crippen LogP contribution is -2.29. The summed E-state index contributed by atoms with van der Waals surface area (Å²) < 4.78 is 33.0. The van der Waals surface area contributed by atoms with Gasteiger partial charge in [0.05, 0.1) is 13.2 Å². The molecule has 0 aliphatic heterocycles. The third kappa shape index (κ3) is 61.2. The van der Waals surface area contributed by atoms with Gasteiger partial charge in [-0.3, -0.25) is 18.6 Å². The van der Waals surface area contributed by atoms with Gasteiger partial charge in [-0.05, 0) is 103 Å². The van der Waals surface area contributed by atoms with E-state index in [0.29, 0.717) is 12.8 Å². The number of ether oxygens (including phenoxy) is 2. The van der Waals surface area contributed by atoms with Crippen molar-refractivity contribution >= 4 is 19.8 Å². The van der Waals surface area contributed by atoms with Crippen LogP contribution < -0.4 is 5.73 Å². The number of allylic oxidation sites excluding steroid dienone is 22. The standard InChI is InChI=1S/C67H112NO8P/c1-3-5-7-9-11-13-15-17-19-21-22-23-24-25-26-27-28-29-30-31-32-33-34-35-36-37-38-39-40-41-42-44-46-48-50-52-54-56-58-60-67(70)76-65(64-75-77(71,72)74-62-61-68)63-73-66(69)59-57-55-53-51-49-47-45-43-20-18-16-14-12-10-8-6-4-2/h5-8,11-14,17-20,22-23,25-26,28-29,45,47,51,53,65H,3-4,9-10,15-16,21,24,27,30-44,46,48-50,52,54-64,68H2,1-2H3,(H,71,72)/b7-5-,8-6-,13-11-,14-12-,19-17-,20-18-,23-22-,26-25-,29-28-,47-45-,53-51-. The summed E-state index contributed by atoms with van der Waals surface area (Å²) in [6, 6.07) is 0. The first-order valence-corrected chi connectivity index (χ1v) is 32.2. The zero-order chi connectivity index (χ0) is 55.9. The number of hydrogen-bond acceptors (Lipinski definition) is 8. The summed E-state index contributed by atoms with van der Waals surface area (Å²) in [5, 5.41) is 0. The number of unbranched alkanes of at least 4 members (excludes halogenated alkanes) is 21. The second kappa shape index (κ2) is 61.4. The lowest BCUT2D eigenvalue weighted by molar-refractivity contribution is -0.161. The Morgan fingerprint density at radius 1 is 0.390 bits per heavy atom. The van der Waals surface area contributed by atoms with Gasteiger partial charge in [0, 0.05) is 19.4 Å². The molecule has 0 spiro atoms. The quantitative estimate of drug-likeness (QED) is 0.0264. The summed E-state index contributed by atoms with van der Waals surface area (Å²) in [5.41, 5.74) is 5.38. The molecule has 9 nitrogen and oxygen atoms in total. The van der Waals surface area contributed by atoms with Crippen LogP contribution in [0, 0.1) is 0 Å². The summed E-state index contributed by atoms with van der Waals surface area (Å²) in [7, 11) is -4.41. The first-order chi connectivity index (χ1) is 37.8. The van der Waals surface area contributed by atoms with Gasteiger partial charge in [-0.1, -0.05) is 263 Å². The van der Waals surface area contributed by atoms with Crippen molar-refractivity contribution in [3.63, 3.8) is 0 Å². The fourth-order valence-corrected chi connectivity index (χ4v) is 8.85. The predicted molar refractivity (Wildman–Crippen MR) is 330 cm³/mol. The number of hydrogen-bond donors (Lipinski definition) is 2. The van der Waals surface area contributed by atoms with Crippen molar-refractivity contribution in [1.29, 1.82) is 0 Å². The minimum Gasteiger partial charge on any atom is -0.462 e. The van der Waals surface area contributed by atoms with Crippen molar-refractivity contribution in [2.24, 2.45) is 5.73 Å². The van der Waals surface area contributed by atoms with Gasteiger partial charge in [-0.25, -0.2) is 4.57 Å². The van der Waals surface area contributed by atoms with Gasteiger partial charge in [-0.15, -0.1) is 0 Å². The second-order valence-electron chi connectivity index (χ2n) is 19.8. The molecule has 0 radical (unpaired) electrons. The van der Waals surface area contributed by atoms with Gasteiger partial charge in [-0.2, -0.15) is 0 Å². The molecule has 0 amide bonds. The van der Waals surface area contributed by atoms with Gasteiger partial charge >= 0.3 is 19.8 Å². The second-order valence-corrected chi connectivity index (χ2v) is 21.3. The molecule has 0 saturated carbocycles. The molecule has 0 heterocycles. The molecular formula is C67H112NO8P. The van der Waals surface area contributed by atoms with Crippen LogP contribution in [0.2, 0.25) is 0 Å². The predicted octanol–water partition coefficient (Wildman–Crippen LogP) is 19.7. The lowest BCUT2D eigenvalue weighted by Gasteiger charge is -2.19. The van der Waals surface area contributed by atoms with Crippen molar-refractivity contribution in [3.8, 4) is 0 Å². The zero-order valence-corrected chi connectivity index (χ0v) is 49.8. The van der Waals surface area contributed by atoms with Crippen molar-refractivity contribution in [1.82, 2.24) is 0 Å². The van der Waals surface area contributed by atoms with Crippen molar-refractivity contribution in [2.75, 3.05) is 26.4 Å². The number of carbonyl (C=O) groups is 2. The minimum absolute atomic E-state index is 0.0411. The Morgan fingerprint density at radius 3 is 1.04 bits per heavy atom. The number of phosphoric acid groups is 1. The van der Waals surface area contributed by atoms with E-state index in [-0.39, 0.29) is 32.6 Å². The molecule has 2 atom stereocenters. The highest BCUT2D eigenvalue weighted by Crippen LogP contribution is 2.43. The fourth-order valence-electron chi connectivity index (χ4n) is 8.09. The number of rotatable bonds is 56. The Kier molecular flexibility index (Phi) is 58.3. The molecule has 0 saturated heterocycles. The molecule has 0 aromatic heterocycles. The topological polar surface area (TPSA) is 134 Å². The fraction of sp³-hybridized carbons (Fsp3) is 0.642. The van der Waals surface area contributed by atoms with E-state index in [9.17, 15) is 19.0 Å². The molecule has 438 valence electrons. The summed E-state index contributed by atoms with van der Waals surface area (Å²) in [6.07, 6.45) is 86.9. The van der Waals surface area contributed by atoms with Crippen LogP contribution in [0.3, 0.4) is 0 Å². The highest BCUT2D eigenvalue weighted by atomic mass is 31.2. The van der Waals surface area contributed by atoms with Gasteiger partial charge in [0.1, 0.15) is 6.61 Å². The van der Waals surface area contributed by atoms with Gasteiger partial charge in [0.15, 0.2) is 6.10 Å². The third-order valence-corrected chi connectivity index (χ3v) is 13.5. The summed E-state index contributed by atoms with van der Waals surface area (Å²) in [5.74, 6) is -0.898. The highest BCUT2D eigenvalue weighted by Gasteiger charge is 2.26. The van der Waals surface area contributed by atoms with E-state index in [4.69, 9.17) is 24.3 Å². The van der Waals surface area contributed by atoms with Crippen molar-refractivity contribution < 1.29 is 37.6 Å². The third-order valence-electron chi connectivity index (χ3n) is 12.5. The van der Waals surface area contributed by atoms with E-state index in [2.05, 4.69) is 141 Å². The van der Waals surface area contributed by atoms with E-state index in [1.165, 1.54) is 109 Å². The largest absolute Gasteiger partial charge is 0.472 e. The van der Waals surface area contributed by atoms with Gasteiger partial charge < -0.3 is 20.1 Å². The summed E-state index contributed by atoms with van der Waals surface area (Å²) in [6.45, 7) is 3.45. The van der Waals surface area contributed by atoms with Crippen LogP contribution in [0.1, 0.15) is 245 Å². The maximum Gasteiger partial charge on any atom is 0.472 e. The molecule has 3 N–H and O–H groups in total. The number of carbonyl (C=O) groups excluding carboxylic acids is 2. The van der Waals surface area contributed by atoms with Crippen LogP contribution >= 0.6 is 7.82 Å². The maximum atomic E-state index is 12.7. The molecule has 2 unspecified atom stereocenters. The molecule has 0 aliphatic carbocycles. The van der Waals surface area contributed by atoms with Crippen LogP contribution in [0.25, 0.3) is 0 Å². The monoisotopic (exact) mass is 1090 g/mol.